The molecule has 0 bridgehead atoms. The van der Waals surface area contributed by atoms with E-state index in [1.54, 1.807) is 6.07 Å². The molecule has 0 unspecified atom stereocenters. The molecule has 0 spiro atoms. The van der Waals surface area contributed by atoms with Crippen LogP contribution in [0.25, 0.3) is 11.3 Å². The molecular formula is C14H16FN3. The van der Waals surface area contributed by atoms with E-state index in [-0.39, 0.29) is 5.82 Å². The summed E-state index contributed by atoms with van der Waals surface area (Å²) in [6.07, 6.45) is 4.74. The van der Waals surface area contributed by atoms with Gasteiger partial charge in [-0.25, -0.2) is 9.07 Å². The van der Waals surface area contributed by atoms with E-state index in [0.29, 0.717) is 11.9 Å². The molecule has 2 N–H and O–H groups in total. The second kappa shape index (κ2) is 4.44. The molecule has 94 valence electrons. The van der Waals surface area contributed by atoms with E-state index in [2.05, 4.69) is 5.10 Å². The SMILES string of the molecule is Nc1cc(-c2cccc(F)c2)nn1C1CCCC1. The molecular weight excluding hydrogens is 229 g/mol. The van der Waals surface area contributed by atoms with Crippen molar-refractivity contribution in [2.45, 2.75) is 31.7 Å². The van der Waals surface area contributed by atoms with Gasteiger partial charge in [-0.2, -0.15) is 5.10 Å². The highest BCUT2D eigenvalue weighted by Gasteiger charge is 2.20. The molecule has 1 saturated carbocycles. The molecule has 1 aliphatic carbocycles. The van der Waals surface area contributed by atoms with Crippen LogP contribution < -0.4 is 5.73 Å². The lowest BCUT2D eigenvalue weighted by Crippen LogP contribution is -2.09. The Balaban J connectivity index is 1.96. The Morgan fingerprint density at radius 3 is 2.72 bits per heavy atom. The minimum atomic E-state index is -0.249. The first-order chi connectivity index (χ1) is 8.74. The molecule has 2 aromatic rings. The number of anilines is 1. The third-order valence-corrected chi connectivity index (χ3v) is 3.56. The quantitative estimate of drug-likeness (QED) is 0.881. The molecule has 0 radical (unpaired) electrons. The van der Waals surface area contributed by atoms with Crippen molar-refractivity contribution in [3.05, 3.63) is 36.1 Å². The van der Waals surface area contributed by atoms with Crippen molar-refractivity contribution in [1.82, 2.24) is 9.78 Å². The second-order valence-electron chi connectivity index (χ2n) is 4.85. The zero-order valence-electron chi connectivity index (χ0n) is 10.1. The molecule has 3 nitrogen and oxygen atoms in total. The monoisotopic (exact) mass is 245 g/mol. The van der Waals surface area contributed by atoms with Gasteiger partial charge in [0.05, 0.1) is 11.7 Å². The maximum absolute atomic E-state index is 13.2. The van der Waals surface area contributed by atoms with Gasteiger partial charge in [-0.15, -0.1) is 0 Å². The Morgan fingerprint density at radius 1 is 1.22 bits per heavy atom. The Morgan fingerprint density at radius 2 is 2.00 bits per heavy atom. The van der Waals surface area contributed by atoms with Gasteiger partial charge < -0.3 is 5.73 Å². The number of rotatable bonds is 2. The zero-order valence-corrected chi connectivity index (χ0v) is 10.1. The summed E-state index contributed by atoms with van der Waals surface area (Å²) in [7, 11) is 0. The fourth-order valence-electron chi connectivity index (χ4n) is 2.64. The van der Waals surface area contributed by atoms with Crippen molar-refractivity contribution in [2.24, 2.45) is 0 Å². The summed E-state index contributed by atoms with van der Waals surface area (Å²) in [6.45, 7) is 0. The fraction of sp³-hybridized carbons (Fsp3) is 0.357. The molecule has 4 heteroatoms. The van der Waals surface area contributed by atoms with Crippen LogP contribution in [0.4, 0.5) is 10.2 Å². The van der Waals surface area contributed by atoms with Crippen LogP contribution in [-0.2, 0) is 0 Å². The predicted octanol–water partition coefficient (Wildman–Crippen LogP) is 3.39. The zero-order chi connectivity index (χ0) is 12.5. The Hall–Kier alpha value is -1.84. The van der Waals surface area contributed by atoms with Crippen LogP contribution in [0.1, 0.15) is 31.7 Å². The van der Waals surface area contributed by atoms with Gasteiger partial charge in [-0.3, -0.25) is 0 Å². The smallest absolute Gasteiger partial charge is 0.123 e. The Bertz CT molecular complexity index is 556. The van der Waals surface area contributed by atoms with Crippen LogP contribution in [0.3, 0.4) is 0 Å². The number of nitrogen functional groups attached to an aromatic ring is 1. The highest BCUT2D eigenvalue weighted by atomic mass is 19.1. The van der Waals surface area contributed by atoms with Crippen molar-refractivity contribution < 1.29 is 4.39 Å². The Kier molecular flexibility index (Phi) is 2.78. The number of halogens is 1. The summed E-state index contributed by atoms with van der Waals surface area (Å²) >= 11 is 0. The fourth-order valence-corrected chi connectivity index (χ4v) is 2.64. The van der Waals surface area contributed by atoms with Gasteiger partial charge in [-0.1, -0.05) is 25.0 Å². The van der Waals surface area contributed by atoms with Crippen molar-refractivity contribution in [1.29, 1.82) is 0 Å². The van der Waals surface area contributed by atoms with Gasteiger partial charge in [-0.05, 0) is 25.0 Å². The summed E-state index contributed by atoms with van der Waals surface area (Å²) in [5, 5.41) is 4.53. The van der Waals surface area contributed by atoms with Crippen LogP contribution in [0.5, 0.6) is 0 Å². The molecule has 18 heavy (non-hydrogen) atoms. The second-order valence-corrected chi connectivity index (χ2v) is 4.85. The van der Waals surface area contributed by atoms with E-state index in [1.165, 1.54) is 25.0 Å². The van der Waals surface area contributed by atoms with Gasteiger partial charge in [0.1, 0.15) is 11.6 Å². The van der Waals surface area contributed by atoms with Crippen LogP contribution in [-0.4, -0.2) is 9.78 Å². The maximum atomic E-state index is 13.2. The summed E-state index contributed by atoms with van der Waals surface area (Å²) in [5.74, 6) is 0.419. The lowest BCUT2D eigenvalue weighted by molar-refractivity contribution is 0.475. The highest BCUT2D eigenvalue weighted by molar-refractivity contribution is 5.62. The van der Waals surface area contributed by atoms with Gasteiger partial charge in [0.25, 0.3) is 0 Å². The van der Waals surface area contributed by atoms with E-state index in [0.717, 1.165) is 24.1 Å². The van der Waals surface area contributed by atoms with E-state index < -0.39 is 0 Å². The molecule has 1 aromatic carbocycles. The molecule has 0 atom stereocenters. The highest BCUT2D eigenvalue weighted by Crippen LogP contribution is 2.32. The van der Waals surface area contributed by atoms with Gasteiger partial charge in [0.2, 0.25) is 0 Å². The van der Waals surface area contributed by atoms with Crippen molar-refractivity contribution >= 4 is 5.82 Å². The molecule has 1 fully saturated rings. The maximum Gasteiger partial charge on any atom is 0.123 e. The number of nitrogens with two attached hydrogens (primary N) is 1. The largest absolute Gasteiger partial charge is 0.384 e. The van der Waals surface area contributed by atoms with Crippen LogP contribution in [0.2, 0.25) is 0 Å². The predicted molar refractivity (Wildman–Crippen MR) is 69.5 cm³/mol. The van der Waals surface area contributed by atoms with Crippen molar-refractivity contribution in [2.75, 3.05) is 5.73 Å². The van der Waals surface area contributed by atoms with Crippen LogP contribution in [0.15, 0.2) is 30.3 Å². The average Bonchev–Trinajstić information content (AvgIpc) is 2.97. The Labute approximate surface area is 105 Å². The topological polar surface area (TPSA) is 43.8 Å². The lowest BCUT2D eigenvalue weighted by Gasteiger charge is -2.11. The molecule has 1 aliphatic rings. The number of hydrogen-bond donors (Lipinski definition) is 1. The number of hydrogen-bond acceptors (Lipinski definition) is 2. The minimum Gasteiger partial charge on any atom is -0.384 e. The third-order valence-electron chi connectivity index (χ3n) is 3.56. The molecule has 0 saturated heterocycles. The van der Waals surface area contributed by atoms with E-state index >= 15 is 0 Å². The molecule has 0 aliphatic heterocycles. The summed E-state index contributed by atoms with van der Waals surface area (Å²) < 4.78 is 15.1. The van der Waals surface area contributed by atoms with Gasteiger partial charge >= 0.3 is 0 Å². The number of aromatic nitrogens is 2. The number of nitrogens with zero attached hydrogens (tertiary/aromatic N) is 2. The summed E-state index contributed by atoms with van der Waals surface area (Å²) in [6, 6.07) is 8.70. The van der Waals surface area contributed by atoms with E-state index in [1.807, 2.05) is 16.8 Å². The lowest BCUT2D eigenvalue weighted by atomic mass is 10.1. The molecule has 0 amide bonds. The standard InChI is InChI=1S/C14H16FN3/c15-11-5-3-4-10(8-11)13-9-14(16)18(17-13)12-6-1-2-7-12/h3-5,8-9,12H,1-2,6-7,16H2. The molecule has 3 rings (SSSR count). The van der Waals surface area contributed by atoms with E-state index in [4.69, 9.17) is 5.73 Å². The van der Waals surface area contributed by atoms with Crippen LogP contribution >= 0.6 is 0 Å². The van der Waals surface area contributed by atoms with E-state index in [9.17, 15) is 4.39 Å². The molecule has 1 aromatic heterocycles. The third kappa shape index (κ3) is 1.98. The van der Waals surface area contributed by atoms with Crippen LogP contribution in [0, 0.1) is 5.82 Å². The average molecular weight is 245 g/mol. The number of benzene rings is 1. The first-order valence-corrected chi connectivity index (χ1v) is 6.35. The minimum absolute atomic E-state index is 0.249. The first-order valence-electron chi connectivity index (χ1n) is 6.35. The van der Waals surface area contributed by atoms with Gasteiger partial charge in [0, 0.05) is 11.6 Å². The van der Waals surface area contributed by atoms with Gasteiger partial charge in [0.15, 0.2) is 0 Å². The molecule has 1 heterocycles. The van der Waals surface area contributed by atoms with Crippen molar-refractivity contribution in [3.63, 3.8) is 0 Å². The van der Waals surface area contributed by atoms with Crippen molar-refractivity contribution in [3.8, 4) is 11.3 Å². The normalized spacial score (nSPS) is 16.3. The summed E-state index contributed by atoms with van der Waals surface area (Å²) in [5.41, 5.74) is 7.53. The summed E-state index contributed by atoms with van der Waals surface area (Å²) in [4.78, 5) is 0. The first kappa shape index (κ1) is 11.3.